The molecular weight excluding hydrogens is 779 g/mol. The summed E-state index contributed by atoms with van der Waals surface area (Å²) in [6.07, 6.45) is 0.450. The van der Waals surface area contributed by atoms with Gasteiger partial charge in [0.05, 0.1) is 0 Å². The predicted octanol–water partition coefficient (Wildman–Crippen LogP) is 5.94. The Hall–Kier alpha value is -6.84. The number of carbonyl (C=O) groups is 5. The van der Waals surface area contributed by atoms with Gasteiger partial charge in [-0.25, -0.2) is 14.6 Å². The number of thiazole rings is 1. The van der Waals surface area contributed by atoms with Gasteiger partial charge in [-0.05, 0) is 27.8 Å². The molecule has 0 spiro atoms. The second-order valence-corrected chi connectivity index (χ2v) is 14.7. The number of anilines is 1. The van der Waals surface area contributed by atoms with Gasteiger partial charge in [-0.1, -0.05) is 139 Å². The van der Waals surface area contributed by atoms with E-state index in [2.05, 4.69) is 27.4 Å². The Balaban J connectivity index is 1.07. The molecule has 1 unspecified atom stereocenters. The number of nitrogens with one attached hydrogen (secondary N) is 2. The Bertz CT molecular complexity index is 2280. The third kappa shape index (κ3) is 8.75. The molecular formula is C43H35N5O8S2. The number of rotatable bonds is 16. The average Bonchev–Trinajstić information content (AvgIpc) is 3.73. The molecule has 0 saturated carbocycles. The maximum atomic E-state index is 14.0. The molecule has 7 rings (SSSR count). The lowest BCUT2D eigenvalue weighted by molar-refractivity contribution is -0.154. The highest BCUT2D eigenvalue weighted by Crippen LogP contribution is 2.42. The molecule has 292 valence electrons. The van der Waals surface area contributed by atoms with Crippen LogP contribution in [0.1, 0.15) is 40.2 Å². The molecule has 0 bridgehead atoms. The van der Waals surface area contributed by atoms with E-state index in [1.54, 1.807) is 0 Å². The first-order valence-electron chi connectivity index (χ1n) is 17.9. The Morgan fingerprint density at radius 3 is 1.90 bits per heavy atom. The van der Waals surface area contributed by atoms with Crippen molar-refractivity contribution in [1.82, 2.24) is 15.2 Å². The molecule has 2 aliphatic heterocycles. The zero-order valence-electron chi connectivity index (χ0n) is 30.6. The van der Waals surface area contributed by atoms with Gasteiger partial charge in [0.25, 0.3) is 11.8 Å². The third-order valence-electron chi connectivity index (χ3n) is 9.09. The summed E-state index contributed by atoms with van der Waals surface area (Å²) in [5.41, 5.74) is 3.15. The summed E-state index contributed by atoms with van der Waals surface area (Å²) < 4.78 is 11.9. The fraction of sp³-hybridized carbons (Fsp3) is 0.140. The zero-order valence-corrected chi connectivity index (χ0v) is 32.3. The normalized spacial score (nSPS) is 16.2. The number of hydrogen-bond acceptors (Lipinski definition) is 12. The second-order valence-electron chi connectivity index (χ2n) is 12.8. The van der Waals surface area contributed by atoms with Gasteiger partial charge in [-0.15, -0.1) is 23.1 Å². The van der Waals surface area contributed by atoms with Gasteiger partial charge < -0.3 is 24.9 Å². The third-order valence-corrected chi connectivity index (χ3v) is 11.2. The summed E-state index contributed by atoms with van der Waals surface area (Å²) in [5, 5.41) is 10.0. The van der Waals surface area contributed by atoms with E-state index >= 15 is 0 Å². The van der Waals surface area contributed by atoms with E-state index < -0.39 is 54.0 Å². The van der Waals surface area contributed by atoms with Crippen LogP contribution in [0.3, 0.4) is 0 Å². The Kier molecular flexibility index (Phi) is 12.5. The lowest BCUT2D eigenvalue weighted by Crippen LogP contribution is -2.71. The number of ether oxygens (including phenoxy) is 2. The van der Waals surface area contributed by atoms with Crippen LogP contribution in [-0.4, -0.2) is 69.5 Å². The molecule has 3 amide bonds. The quantitative estimate of drug-likeness (QED) is 0.0401. The molecule has 0 radical (unpaired) electrons. The minimum absolute atomic E-state index is 0.0116. The molecule has 1 saturated heterocycles. The number of fused-ring (bicyclic) bond motifs is 1. The first-order valence-corrected chi connectivity index (χ1v) is 19.9. The van der Waals surface area contributed by atoms with Crippen LogP contribution in [0.25, 0.3) is 0 Å². The van der Waals surface area contributed by atoms with Crippen molar-refractivity contribution in [3.63, 3.8) is 0 Å². The van der Waals surface area contributed by atoms with E-state index in [9.17, 15) is 24.0 Å². The number of β-lactam (4-membered cyclic amide) rings is 1. The van der Waals surface area contributed by atoms with Crippen molar-refractivity contribution in [3.05, 3.63) is 179 Å². The minimum atomic E-state index is -1.08. The van der Waals surface area contributed by atoms with Crippen molar-refractivity contribution in [2.45, 2.75) is 23.6 Å². The molecule has 2 aliphatic rings. The van der Waals surface area contributed by atoms with Crippen LogP contribution < -0.4 is 10.6 Å². The second kappa shape index (κ2) is 18.4. The lowest BCUT2D eigenvalue weighted by atomic mass is 10.0. The highest BCUT2D eigenvalue weighted by Gasteiger charge is 2.54. The van der Waals surface area contributed by atoms with E-state index in [-0.39, 0.29) is 22.2 Å². The van der Waals surface area contributed by atoms with Crippen LogP contribution in [0.5, 0.6) is 0 Å². The van der Waals surface area contributed by atoms with Crippen molar-refractivity contribution in [3.8, 4) is 0 Å². The van der Waals surface area contributed by atoms with Crippen molar-refractivity contribution in [2.75, 3.05) is 17.7 Å². The van der Waals surface area contributed by atoms with Crippen molar-refractivity contribution in [1.29, 1.82) is 0 Å². The van der Waals surface area contributed by atoms with E-state index in [0.717, 1.165) is 33.6 Å². The fourth-order valence-electron chi connectivity index (χ4n) is 6.35. The smallest absolute Gasteiger partial charge is 0.356 e. The number of oxime groups is 1. The topological polar surface area (TPSA) is 166 Å². The number of nitrogens with zero attached hydrogens (tertiary/aromatic N) is 3. The molecule has 4 aromatic carbocycles. The molecule has 0 aliphatic carbocycles. The molecule has 15 heteroatoms. The van der Waals surface area contributed by atoms with E-state index in [1.165, 1.54) is 28.1 Å². The number of hydrogen-bond donors (Lipinski definition) is 2. The Labute approximate surface area is 341 Å². The molecule has 1 fully saturated rings. The summed E-state index contributed by atoms with van der Waals surface area (Å²) in [5.74, 6) is -2.60. The number of carbonyl (C=O) groups excluding carboxylic acids is 5. The monoisotopic (exact) mass is 813 g/mol. The van der Waals surface area contributed by atoms with Crippen LogP contribution >= 0.6 is 23.1 Å². The van der Waals surface area contributed by atoms with Gasteiger partial charge >= 0.3 is 11.9 Å². The average molecular weight is 814 g/mol. The SMILES string of the molecule is C=CC1=C(C(=O)OC(c2ccccc2)c2ccccc2)N2C(=O)C(NC(=O)C(=NOCC(=O)OC(c3ccccc3)c3ccccc3)c3csc(NC=O)n3)[C@@H]2SC1. The molecule has 3 heterocycles. The van der Waals surface area contributed by atoms with Crippen molar-refractivity contribution < 1.29 is 38.3 Å². The summed E-state index contributed by atoms with van der Waals surface area (Å²) in [6.45, 7) is 3.20. The van der Waals surface area contributed by atoms with Gasteiger partial charge in [-0.3, -0.25) is 19.3 Å². The minimum Gasteiger partial charge on any atom is -0.450 e. The van der Waals surface area contributed by atoms with E-state index in [1.807, 2.05) is 121 Å². The van der Waals surface area contributed by atoms with Gasteiger partial charge in [0.2, 0.25) is 13.0 Å². The zero-order chi connectivity index (χ0) is 40.4. The number of benzene rings is 4. The van der Waals surface area contributed by atoms with Crippen LogP contribution in [0.4, 0.5) is 5.13 Å². The largest absolute Gasteiger partial charge is 0.450 e. The summed E-state index contributed by atoms with van der Waals surface area (Å²) in [6, 6.07) is 35.8. The van der Waals surface area contributed by atoms with Crippen molar-refractivity contribution >= 4 is 64.1 Å². The summed E-state index contributed by atoms with van der Waals surface area (Å²) in [4.78, 5) is 76.9. The molecule has 5 aromatic rings. The van der Waals surface area contributed by atoms with Gasteiger partial charge in [0.1, 0.15) is 22.8 Å². The molecule has 2 atom stereocenters. The summed E-state index contributed by atoms with van der Waals surface area (Å²) in [7, 11) is 0. The Morgan fingerprint density at radius 2 is 1.38 bits per heavy atom. The highest BCUT2D eigenvalue weighted by atomic mass is 32.2. The number of aromatic nitrogens is 1. The van der Waals surface area contributed by atoms with Crippen LogP contribution in [0, 0.1) is 0 Å². The van der Waals surface area contributed by atoms with E-state index in [4.69, 9.17) is 14.3 Å². The first kappa shape index (κ1) is 39.4. The van der Waals surface area contributed by atoms with Gasteiger partial charge in [-0.2, -0.15) is 0 Å². The van der Waals surface area contributed by atoms with Crippen LogP contribution in [-0.2, 0) is 38.3 Å². The highest BCUT2D eigenvalue weighted by molar-refractivity contribution is 8.00. The molecule has 1 aromatic heterocycles. The van der Waals surface area contributed by atoms with E-state index in [0.29, 0.717) is 17.7 Å². The van der Waals surface area contributed by atoms with Gasteiger partial charge in [0.15, 0.2) is 23.1 Å². The molecule has 13 nitrogen and oxygen atoms in total. The van der Waals surface area contributed by atoms with Crippen LogP contribution in [0.15, 0.2) is 156 Å². The van der Waals surface area contributed by atoms with Crippen molar-refractivity contribution in [2.24, 2.45) is 5.16 Å². The number of amides is 3. The number of esters is 2. The van der Waals surface area contributed by atoms with Gasteiger partial charge in [0, 0.05) is 11.1 Å². The standard InChI is InChI=1S/C43H35N5O8S2/c1-2-27-24-57-41-35(40(52)48(41)36(27)42(53)56-38(30-19-11-5-12-20-30)31-21-13-6-14-22-31)46-39(51)34(32-25-58-43(45-32)44-26-49)47-54-23-33(50)55-37(28-15-7-3-8-16-28)29-17-9-4-10-18-29/h2-22,25-26,35,37-38,41H,1,23-24H2,(H,46,51)(H,44,45,49)/t35?,41-/m0/s1. The fourth-order valence-corrected chi connectivity index (χ4v) is 8.34. The lowest BCUT2D eigenvalue weighted by Gasteiger charge is -2.49. The number of thioether (sulfide) groups is 1. The first-order chi connectivity index (χ1) is 28.4. The Morgan fingerprint density at radius 1 is 0.845 bits per heavy atom. The number of allylic oxidation sites excluding steroid dienone is 1. The summed E-state index contributed by atoms with van der Waals surface area (Å²) >= 11 is 2.35. The molecule has 58 heavy (non-hydrogen) atoms. The predicted molar refractivity (Wildman–Crippen MR) is 218 cm³/mol. The van der Waals surface area contributed by atoms with Crippen LogP contribution in [0.2, 0.25) is 0 Å². The molecule has 2 N–H and O–H groups in total. The maximum Gasteiger partial charge on any atom is 0.356 e. The maximum absolute atomic E-state index is 14.0.